The van der Waals surface area contributed by atoms with Crippen molar-refractivity contribution in [1.82, 2.24) is 4.90 Å². The Morgan fingerprint density at radius 3 is 2.38 bits per heavy atom. The number of aromatic hydroxyl groups is 2. The average molecular weight is 475 g/mol. The molecule has 6 heteroatoms. The van der Waals surface area contributed by atoms with E-state index < -0.39 is 0 Å². The molecule has 2 N–H and O–H groups in total. The first-order chi connectivity index (χ1) is 15.1. The van der Waals surface area contributed by atoms with Crippen LogP contribution in [0.2, 0.25) is 0 Å². The van der Waals surface area contributed by atoms with Crippen molar-refractivity contribution in [2.24, 2.45) is 4.99 Å². The summed E-state index contributed by atoms with van der Waals surface area (Å²) in [7, 11) is 2.15. The maximum Gasteiger partial charge on any atom is 0.148 e. The number of aliphatic imine (C=N–C) groups is 1. The summed E-state index contributed by atoms with van der Waals surface area (Å²) in [6.07, 6.45) is 1.64. The zero-order valence-corrected chi connectivity index (χ0v) is 18.7. The maximum atomic E-state index is 10.6. The van der Waals surface area contributed by atoms with Crippen molar-refractivity contribution >= 4 is 39.1 Å². The number of anilines is 1. The molecule has 1 saturated heterocycles. The zero-order valence-electron chi connectivity index (χ0n) is 17.8. The minimum Gasteiger partial charge on any atom is -0.507 e. The Hall–Kier alpha value is -3.05. The Morgan fingerprint density at radius 1 is 0.812 bits per heavy atom. The molecule has 0 saturated carbocycles. The second-order valence-electron chi connectivity index (χ2n) is 8.11. The van der Waals surface area contributed by atoms with Crippen LogP contribution >= 0.6 is 0 Å². The van der Waals surface area contributed by atoms with Crippen LogP contribution in [0.3, 0.4) is 0 Å². The first-order valence-corrected chi connectivity index (χ1v) is 10.5. The van der Waals surface area contributed by atoms with Gasteiger partial charge >= 0.3 is 0 Å². The SMILES string of the molecule is CN1CCN(c2ccc3c(C=Nc4ccc5ccccc5c4O)c(O)ccc3c2)CC1.[Cu]. The Kier molecular flexibility index (Phi) is 6.38. The molecular weight excluding hydrogens is 450 g/mol. The van der Waals surface area contributed by atoms with E-state index in [0.717, 1.165) is 47.7 Å². The predicted molar refractivity (Wildman–Crippen MR) is 128 cm³/mol. The standard InChI is InChI=1S/C26H25N3O2.Cu/c1-28-12-14-29(15-13-28)20-8-9-21-19(16-20)7-11-25(30)23(21)17-27-24-10-6-18-4-2-3-5-22(18)26(24)31;/h2-11,16-17,30-31H,12-15H2,1H3;. The van der Waals surface area contributed by atoms with E-state index in [2.05, 4.69) is 34.0 Å². The number of nitrogens with zero attached hydrogens (tertiary/aromatic N) is 3. The van der Waals surface area contributed by atoms with Crippen LogP contribution in [0, 0.1) is 0 Å². The molecule has 0 amide bonds. The van der Waals surface area contributed by atoms with Gasteiger partial charge in [0, 0.05) is 66.1 Å². The van der Waals surface area contributed by atoms with Crippen molar-refractivity contribution in [1.29, 1.82) is 0 Å². The van der Waals surface area contributed by atoms with Gasteiger partial charge in [-0.05, 0) is 47.5 Å². The summed E-state index contributed by atoms with van der Waals surface area (Å²) >= 11 is 0. The molecule has 1 radical (unpaired) electrons. The molecule has 167 valence electrons. The van der Waals surface area contributed by atoms with Crippen molar-refractivity contribution in [3.63, 3.8) is 0 Å². The van der Waals surface area contributed by atoms with E-state index in [1.165, 1.54) is 5.69 Å². The summed E-state index contributed by atoms with van der Waals surface area (Å²) in [4.78, 5) is 9.24. The van der Waals surface area contributed by atoms with Gasteiger partial charge in [0.05, 0.1) is 0 Å². The molecule has 1 fully saturated rings. The predicted octanol–water partition coefficient (Wildman–Crippen LogP) is 4.90. The first kappa shape index (κ1) is 22.2. The van der Waals surface area contributed by atoms with E-state index in [9.17, 15) is 10.2 Å². The maximum absolute atomic E-state index is 10.6. The number of piperazine rings is 1. The zero-order chi connectivity index (χ0) is 21.4. The molecule has 0 atom stereocenters. The molecule has 5 rings (SSSR count). The largest absolute Gasteiger partial charge is 0.507 e. The number of hydrogen-bond acceptors (Lipinski definition) is 5. The molecule has 0 unspecified atom stereocenters. The van der Waals surface area contributed by atoms with Crippen LogP contribution < -0.4 is 4.90 Å². The van der Waals surface area contributed by atoms with Gasteiger partial charge in [0.15, 0.2) is 0 Å². The van der Waals surface area contributed by atoms with Crippen molar-refractivity contribution in [3.05, 3.63) is 72.3 Å². The normalized spacial score (nSPS) is 14.8. The third-order valence-electron chi connectivity index (χ3n) is 6.10. The van der Waals surface area contributed by atoms with E-state index in [4.69, 9.17) is 0 Å². The van der Waals surface area contributed by atoms with Gasteiger partial charge in [-0.15, -0.1) is 0 Å². The van der Waals surface area contributed by atoms with Crippen LogP contribution in [0.1, 0.15) is 5.56 Å². The van der Waals surface area contributed by atoms with Gasteiger partial charge in [-0.25, -0.2) is 0 Å². The molecule has 0 aliphatic carbocycles. The number of likely N-dealkylation sites (N-methyl/N-ethyl adjacent to an activating group) is 1. The molecule has 4 aromatic carbocycles. The Bertz CT molecular complexity index is 1300. The smallest absolute Gasteiger partial charge is 0.148 e. The molecule has 5 nitrogen and oxygen atoms in total. The fraction of sp³-hybridized carbons (Fsp3) is 0.192. The Labute approximate surface area is 198 Å². The van der Waals surface area contributed by atoms with Crippen LogP contribution in [-0.4, -0.2) is 54.6 Å². The van der Waals surface area contributed by atoms with Crippen LogP contribution in [0.4, 0.5) is 11.4 Å². The van der Waals surface area contributed by atoms with Gasteiger partial charge in [0.1, 0.15) is 17.2 Å². The number of hydrogen-bond donors (Lipinski definition) is 2. The van der Waals surface area contributed by atoms with Crippen molar-refractivity contribution in [2.75, 3.05) is 38.1 Å². The molecule has 0 spiro atoms. The molecule has 4 aromatic rings. The van der Waals surface area contributed by atoms with Gasteiger partial charge in [-0.2, -0.15) is 0 Å². The van der Waals surface area contributed by atoms with Crippen LogP contribution in [0.5, 0.6) is 11.5 Å². The monoisotopic (exact) mass is 474 g/mol. The number of fused-ring (bicyclic) bond motifs is 2. The van der Waals surface area contributed by atoms with Crippen molar-refractivity contribution in [3.8, 4) is 11.5 Å². The van der Waals surface area contributed by atoms with Gasteiger partial charge in [0.2, 0.25) is 0 Å². The second-order valence-corrected chi connectivity index (χ2v) is 8.11. The summed E-state index contributed by atoms with van der Waals surface area (Å²) in [5.41, 5.74) is 2.32. The molecule has 0 bridgehead atoms. The molecule has 1 aliphatic rings. The molecule has 0 aromatic heterocycles. The van der Waals surface area contributed by atoms with Gasteiger partial charge in [-0.3, -0.25) is 4.99 Å². The molecule has 1 heterocycles. The van der Waals surface area contributed by atoms with E-state index in [1.807, 2.05) is 42.5 Å². The van der Waals surface area contributed by atoms with E-state index in [-0.39, 0.29) is 28.6 Å². The Balaban J connectivity index is 0.00000245. The van der Waals surface area contributed by atoms with Crippen molar-refractivity contribution in [2.45, 2.75) is 0 Å². The Morgan fingerprint density at radius 2 is 1.56 bits per heavy atom. The van der Waals surface area contributed by atoms with Gasteiger partial charge in [0.25, 0.3) is 0 Å². The molecule has 1 aliphatic heterocycles. The number of phenols is 2. The summed E-state index contributed by atoms with van der Waals surface area (Å²) in [5.74, 6) is 0.315. The van der Waals surface area contributed by atoms with E-state index in [1.54, 1.807) is 18.3 Å². The van der Waals surface area contributed by atoms with Crippen LogP contribution in [0.15, 0.2) is 71.7 Å². The van der Waals surface area contributed by atoms with Crippen LogP contribution in [0.25, 0.3) is 21.5 Å². The minimum absolute atomic E-state index is 0. The van der Waals surface area contributed by atoms with Gasteiger partial charge in [-0.1, -0.05) is 42.5 Å². The number of rotatable bonds is 3. The quantitative estimate of drug-likeness (QED) is 0.327. The van der Waals surface area contributed by atoms with E-state index in [0.29, 0.717) is 11.3 Å². The summed E-state index contributed by atoms with van der Waals surface area (Å²) in [6.45, 7) is 4.13. The third kappa shape index (κ3) is 4.17. The fourth-order valence-corrected chi connectivity index (χ4v) is 4.21. The van der Waals surface area contributed by atoms with E-state index >= 15 is 0 Å². The summed E-state index contributed by atoms with van der Waals surface area (Å²) in [5, 5.41) is 24.8. The average Bonchev–Trinajstić information content (AvgIpc) is 2.80. The number of phenolic OH excluding ortho intramolecular Hbond substituents is 2. The summed E-state index contributed by atoms with van der Waals surface area (Å²) < 4.78 is 0. The van der Waals surface area contributed by atoms with Crippen LogP contribution in [-0.2, 0) is 17.1 Å². The topological polar surface area (TPSA) is 59.3 Å². The molecule has 32 heavy (non-hydrogen) atoms. The minimum atomic E-state index is 0. The fourth-order valence-electron chi connectivity index (χ4n) is 4.21. The van der Waals surface area contributed by atoms with Gasteiger partial charge < -0.3 is 20.0 Å². The molecular formula is C26H25CuN3O2. The second kappa shape index (κ2) is 9.21. The third-order valence-corrected chi connectivity index (χ3v) is 6.10. The summed E-state index contributed by atoms with van der Waals surface area (Å²) in [6, 6.07) is 21.4. The number of benzene rings is 4. The first-order valence-electron chi connectivity index (χ1n) is 10.5. The van der Waals surface area contributed by atoms with Crippen molar-refractivity contribution < 1.29 is 27.3 Å².